The highest BCUT2D eigenvalue weighted by Gasteiger charge is 2.13. The zero-order chi connectivity index (χ0) is 15.4. The largest absolute Gasteiger partial charge is 0.480 e. The highest BCUT2D eigenvalue weighted by molar-refractivity contribution is 5.92. The number of morpholine rings is 1. The van der Waals surface area contributed by atoms with E-state index in [2.05, 4.69) is 20.3 Å². The zero-order valence-electron chi connectivity index (χ0n) is 12.5. The molecule has 1 aliphatic rings. The Morgan fingerprint density at radius 3 is 3.00 bits per heavy atom. The molecule has 0 radical (unpaired) electrons. The fraction of sp³-hybridized carbons (Fsp3) is 0.500. The van der Waals surface area contributed by atoms with Crippen molar-refractivity contribution in [3.8, 4) is 5.88 Å². The summed E-state index contributed by atoms with van der Waals surface area (Å²) >= 11 is 0. The number of nitrogens with one attached hydrogen (secondary N) is 1. The summed E-state index contributed by atoms with van der Waals surface area (Å²) in [6.45, 7) is 4.74. The first-order chi connectivity index (χ1) is 10.8. The third-order valence-corrected chi connectivity index (χ3v) is 3.55. The number of amides is 1. The van der Waals surface area contributed by atoms with E-state index in [0.717, 1.165) is 32.8 Å². The van der Waals surface area contributed by atoms with E-state index < -0.39 is 0 Å². The molecular formula is C14H19N5O3. The summed E-state index contributed by atoms with van der Waals surface area (Å²) in [7, 11) is 1.55. The summed E-state index contributed by atoms with van der Waals surface area (Å²) in [4.78, 5) is 18.6. The first-order valence-electron chi connectivity index (χ1n) is 7.25. The van der Waals surface area contributed by atoms with Crippen molar-refractivity contribution in [3.05, 3.63) is 24.0 Å². The minimum absolute atomic E-state index is 0.197. The number of fused-ring (bicyclic) bond motifs is 1. The van der Waals surface area contributed by atoms with Gasteiger partial charge in [-0.15, -0.1) is 5.10 Å². The van der Waals surface area contributed by atoms with Crippen LogP contribution in [-0.4, -0.2) is 71.9 Å². The zero-order valence-corrected chi connectivity index (χ0v) is 12.5. The van der Waals surface area contributed by atoms with Crippen molar-refractivity contribution in [1.29, 1.82) is 0 Å². The first-order valence-corrected chi connectivity index (χ1v) is 7.25. The van der Waals surface area contributed by atoms with Gasteiger partial charge in [-0.25, -0.2) is 9.50 Å². The second-order valence-electron chi connectivity index (χ2n) is 5.01. The number of nitrogens with zero attached hydrogens (tertiary/aromatic N) is 4. The number of methoxy groups -OCH3 is 1. The van der Waals surface area contributed by atoms with Gasteiger partial charge in [0.05, 0.1) is 26.5 Å². The van der Waals surface area contributed by atoms with Gasteiger partial charge >= 0.3 is 0 Å². The second-order valence-corrected chi connectivity index (χ2v) is 5.01. The number of hydrogen-bond donors (Lipinski definition) is 1. The van der Waals surface area contributed by atoms with Crippen molar-refractivity contribution in [1.82, 2.24) is 24.8 Å². The van der Waals surface area contributed by atoms with E-state index in [0.29, 0.717) is 23.8 Å². The average molecular weight is 305 g/mol. The van der Waals surface area contributed by atoms with Crippen LogP contribution < -0.4 is 10.1 Å². The number of imidazole rings is 1. The number of carbonyl (C=O) groups is 1. The fourth-order valence-electron chi connectivity index (χ4n) is 2.33. The Morgan fingerprint density at radius 1 is 1.41 bits per heavy atom. The molecule has 1 amide bonds. The van der Waals surface area contributed by atoms with Crippen molar-refractivity contribution in [2.45, 2.75) is 0 Å². The molecule has 1 saturated heterocycles. The van der Waals surface area contributed by atoms with Crippen LogP contribution in [0.5, 0.6) is 5.88 Å². The molecule has 1 aliphatic heterocycles. The Balaban J connectivity index is 1.57. The lowest BCUT2D eigenvalue weighted by atomic mass is 10.4. The predicted molar refractivity (Wildman–Crippen MR) is 79.1 cm³/mol. The van der Waals surface area contributed by atoms with E-state index >= 15 is 0 Å². The molecule has 8 heteroatoms. The number of carbonyl (C=O) groups excluding carboxylic acids is 1. The maximum absolute atomic E-state index is 12.1. The van der Waals surface area contributed by atoms with Crippen LogP contribution in [0.4, 0.5) is 0 Å². The van der Waals surface area contributed by atoms with Gasteiger partial charge in [0.25, 0.3) is 5.91 Å². The number of ether oxygens (including phenoxy) is 2. The predicted octanol–water partition coefficient (Wildman–Crippen LogP) is -0.200. The van der Waals surface area contributed by atoms with Crippen LogP contribution >= 0.6 is 0 Å². The molecule has 0 aromatic carbocycles. The minimum Gasteiger partial charge on any atom is -0.480 e. The first kappa shape index (κ1) is 14.7. The summed E-state index contributed by atoms with van der Waals surface area (Å²) in [5.74, 6) is 0.280. The van der Waals surface area contributed by atoms with Gasteiger partial charge in [0.1, 0.15) is 5.69 Å². The van der Waals surface area contributed by atoms with Gasteiger partial charge in [0, 0.05) is 32.2 Å². The van der Waals surface area contributed by atoms with E-state index in [1.165, 1.54) is 4.52 Å². The molecular weight excluding hydrogens is 286 g/mol. The van der Waals surface area contributed by atoms with Crippen molar-refractivity contribution in [2.24, 2.45) is 0 Å². The molecule has 8 nitrogen and oxygen atoms in total. The molecule has 3 heterocycles. The van der Waals surface area contributed by atoms with Crippen molar-refractivity contribution < 1.29 is 14.3 Å². The Kier molecular flexibility index (Phi) is 4.50. The lowest BCUT2D eigenvalue weighted by molar-refractivity contribution is 0.0383. The van der Waals surface area contributed by atoms with Crippen LogP contribution in [0.3, 0.4) is 0 Å². The molecule has 22 heavy (non-hydrogen) atoms. The molecule has 0 bridgehead atoms. The molecule has 0 saturated carbocycles. The van der Waals surface area contributed by atoms with Crippen molar-refractivity contribution >= 4 is 11.6 Å². The summed E-state index contributed by atoms with van der Waals surface area (Å²) in [5.41, 5.74) is 0.960. The van der Waals surface area contributed by atoms with Crippen LogP contribution in [0.1, 0.15) is 10.5 Å². The summed E-state index contributed by atoms with van der Waals surface area (Å²) in [6.07, 6.45) is 1.60. The molecule has 0 spiro atoms. The monoisotopic (exact) mass is 305 g/mol. The van der Waals surface area contributed by atoms with Crippen molar-refractivity contribution in [3.63, 3.8) is 0 Å². The van der Waals surface area contributed by atoms with Crippen LogP contribution in [0.15, 0.2) is 18.3 Å². The lowest BCUT2D eigenvalue weighted by Gasteiger charge is -2.26. The van der Waals surface area contributed by atoms with Gasteiger partial charge < -0.3 is 14.8 Å². The third-order valence-electron chi connectivity index (χ3n) is 3.55. The molecule has 2 aromatic heterocycles. The van der Waals surface area contributed by atoms with Gasteiger partial charge in [-0.3, -0.25) is 9.69 Å². The van der Waals surface area contributed by atoms with Gasteiger partial charge in [-0.2, -0.15) is 0 Å². The Labute approximate surface area is 128 Å². The second kappa shape index (κ2) is 6.71. The average Bonchev–Trinajstić information content (AvgIpc) is 2.99. The number of hydrogen-bond acceptors (Lipinski definition) is 6. The molecule has 2 aromatic rings. The Morgan fingerprint density at radius 2 is 2.23 bits per heavy atom. The number of rotatable bonds is 5. The molecule has 0 aliphatic carbocycles. The Hall–Kier alpha value is -2.19. The number of aromatic nitrogens is 3. The topological polar surface area (TPSA) is 81.0 Å². The van der Waals surface area contributed by atoms with Gasteiger partial charge in [0.15, 0.2) is 5.65 Å². The quantitative estimate of drug-likeness (QED) is 0.824. The lowest BCUT2D eigenvalue weighted by Crippen LogP contribution is -2.41. The minimum atomic E-state index is -0.197. The Bertz CT molecular complexity index is 651. The molecule has 3 rings (SSSR count). The van der Waals surface area contributed by atoms with Gasteiger partial charge in [-0.05, 0) is 6.07 Å². The van der Waals surface area contributed by atoms with Gasteiger partial charge in [0.2, 0.25) is 5.88 Å². The maximum Gasteiger partial charge on any atom is 0.271 e. The highest BCUT2D eigenvalue weighted by atomic mass is 16.5. The van der Waals surface area contributed by atoms with E-state index in [1.807, 2.05) is 0 Å². The van der Waals surface area contributed by atoms with Crippen LogP contribution in [0.25, 0.3) is 5.65 Å². The summed E-state index contributed by atoms with van der Waals surface area (Å²) in [5, 5.41) is 7.06. The van der Waals surface area contributed by atoms with Crippen molar-refractivity contribution in [2.75, 3.05) is 46.5 Å². The van der Waals surface area contributed by atoms with Crippen LogP contribution in [0.2, 0.25) is 0 Å². The third kappa shape index (κ3) is 3.34. The normalized spacial score (nSPS) is 15.9. The van der Waals surface area contributed by atoms with Crippen LogP contribution in [-0.2, 0) is 4.74 Å². The summed E-state index contributed by atoms with van der Waals surface area (Å²) < 4.78 is 11.9. The molecule has 1 N–H and O–H groups in total. The SMILES string of the molecule is COc1ccc2nc(C(=O)NCCN3CCOCC3)cn2n1. The smallest absolute Gasteiger partial charge is 0.271 e. The molecule has 118 valence electrons. The van der Waals surface area contributed by atoms with E-state index in [1.54, 1.807) is 25.4 Å². The molecule has 0 atom stereocenters. The fourth-order valence-corrected chi connectivity index (χ4v) is 2.33. The van der Waals surface area contributed by atoms with E-state index in [4.69, 9.17) is 9.47 Å². The molecule has 1 fully saturated rings. The van der Waals surface area contributed by atoms with Crippen LogP contribution in [0, 0.1) is 0 Å². The highest BCUT2D eigenvalue weighted by Crippen LogP contribution is 2.09. The van der Waals surface area contributed by atoms with E-state index in [-0.39, 0.29) is 5.91 Å². The summed E-state index contributed by atoms with van der Waals surface area (Å²) in [6, 6.07) is 3.47. The van der Waals surface area contributed by atoms with E-state index in [9.17, 15) is 4.79 Å². The standard InChI is InChI=1S/C14H19N5O3/c1-21-13-3-2-12-16-11(10-19(12)17-13)14(20)15-4-5-18-6-8-22-9-7-18/h2-3,10H,4-9H2,1H3,(H,15,20). The van der Waals surface area contributed by atoms with Gasteiger partial charge in [-0.1, -0.05) is 0 Å². The molecule has 0 unspecified atom stereocenters. The maximum atomic E-state index is 12.1.